The van der Waals surface area contributed by atoms with Gasteiger partial charge in [0.2, 0.25) is 0 Å². The van der Waals surface area contributed by atoms with Crippen LogP contribution in [0.3, 0.4) is 0 Å². The fraction of sp³-hybridized carbons (Fsp3) is 0.769. The minimum absolute atomic E-state index is 0.0786. The van der Waals surface area contributed by atoms with Gasteiger partial charge in [-0.25, -0.2) is 9.89 Å². The van der Waals surface area contributed by atoms with Crippen molar-refractivity contribution in [3.05, 3.63) is 10.5 Å². The predicted octanol–water partition coefficient (Wildman–Crippen LogP) is 0.915. The van der Waals surface area contributed by atoms with Gasteiger partial charge >= 0.3 is 11.7 Å². The minimum atomic E-state index is -0.952. The number of carbonyl (C=O) groups is 1. The van der Waals surface area contributed by atoms with E-state index >= 15 is 0 Å². The van der Waals surface area contributed by atoms with E-state index in [2.05, 4.69) is 15.5 Å². The van der Waals surface area contributed by atoms with E-state index in [4.69, 9.17) is 0 Å². The number of hydrogen-bond acceptors (Lipinski definition) is 5. The lowest BCUT2D eigenvalue weighted by atomic mass is 9.94. The van der Waals surface area contributed by atoms with Crippen LogP contribution in [0.1, 0.15) is 33.6 Å². The van der Waals surface area contributed by atoms with Crippen molar-refractivity contribution in [2.45, 2.75) is 56.9 Å². The Morgan fingerprint density at radius 3 is 2.76 bits per heavy atom. The Kier molecular flexibility index (Phi) is 4.77. The molecular formula is C13H22N4O3S. The number of H-pyrrole nitrogens is 1. The molecule has 8 heteroatoms. The molecule has 118 valence electrons. The molecule has 2 rings (SSSR count). The first-order valence-corrected chi connectivity index (χ1v) is 8.18. The minimum Gasteiger partial charge on any atom is -0.480 e. The lowest BCUT2D eigenvalue weighted by Crippen LogP contribution is -2.58. The Morgan fingerprint density at radius 2 is 2.29 bits per heavy atom. The summed E-state index contributed by atoms with van der Waals surface area (Å²) in [7, 11) is 0. The fourth-order valence-corrected chi connectivity index (χ4v) is 3.81. The van der Waals surface area contributed by atoms with Gasteiger partial charge in [-0.3, -0.25) is 14.7 Å². The highest BCUT2D eigenvalue weighted by atomic mass is 32.2. The summed E-state index contributed by atoms with van der Waals surface area (Å²) in [5.41, 5.74) is -1.21. The summed E-state index contributed by atoms with van der Waals surface area (Å²) >= 11 is 1.32. The molecule has 0 saturated heterocycles. The summed E-state index contributed by atoms with van der Waals surface area (Å²) in [6.07, 6.45) is 1.85. The van der Waals surface area contributed by atoms with Crippen molar-refractivity contribution in [3.8, 4) is 0 Å². The van der Waals surface area contributed by atoms with Gasteiger partial charge in [-0.15, -0.1) is 5.10 Å². The molecule has 0 radical (unpaired) electrons. The Hall–Kier alpha value is -1.28. The average Bonchev–Trinajstić information content (AvgIpc) is 3.19. The van der Waals surface area contributed by atoms with Crippen molar-refractivity contribution in [1.82, 2.24) is 20.1 Å². The van der Waals surface area contributed by atoms with Gasteiger partial charge in [-0.05, 0) is 39.5 Å². The van der Waals surface area contributed by atoms with Crippen molar-refractivity contribution >= 4 is 17.7 Å². The van der Waals surface area contributed by atoms with Gasteiger partial charge in [-0.2, -0.15) is 0 Å². The Balaban J connectivity index is 2.19. The molecule has 1 aliphatic rings. The van der Waals surface area contributed by atoms with Crippen LogP contribution < -0.4 is 11.0 Å². The first-order valence-electron chi connectivity index (χ1n) is 7.19. The second-order valence-corrected chi connectivity index (χ2v) is 6.64. The number of aliphatic carboxylic acids is 1. The molecule has 1 aromatic heterocycles. The number of nitrogens with zero attached hydrogens (tertiary/aromatic N) is 2. The number of thioether (sulfide) groups is 1. The van der Waals surface area contributed by atoms with Crippen LogP contribution in [0.5, 0.6) is 0 Å². The van der Waals surface area contributed by atoms with Gasteiger partial charge in [0.1, 0.15) is 5.54 Å². The predicted molar refractivity (Wildman–Crippen MR) is 80.6 cm³/mol. The zero-order chi connectivity index (χ0) is 15.6. The summed E-state index contributed by atoms with van der Waals surface area (Å²) in [5.74, 6) is -0.326. The Bertz CT molecular complexity index is 564. The summed E-state index contributed by atoms with van der Waals surface area (Å²) in [6.45, 7) is 6.26. The molecule has 0 aromatic carbocycles. The van der Waals surface area contributed by atoms with Crippen LogP contribution >= 0.6 is 11.8 Å². The Morgan fingerprint density at radius 1 is 1.62 bits per heavy atom. The van der Waals surface area contributed by atoms with E-state index in [0.717, 1.165) is 12.8 Å². The molecule has 1 heterocycles. The standard InChI is InChI=1S/C13H22N4O3S/c1-4-17-11(20)15-16-12(17)21-7-13(10(18)19,9-5-6-9)14-8(2)3/h8-9,14H,4-7H2,1-3H3,(H,15,20)(H,18,19). The van der Waals surface area contributed by atoms with Gasteiger partial charge in [-0.1, -0.05) is 11.8 Å². The molecule has 0 spiro atoms. The summed E-state index contributed by atoms with van der Waals surface area (Å²) in [6, 6.07) is 0.0786. The van der Waals surface area contributed by atoms with E-state index in [1.54, 1.807) is 0 Å². The molecule has 1 atom stereocenters. The van der Waals surface area contributed by atoms with Gasteiger partial charge in [0.05, 0.1) is 0 Å². The van der Waals surface area contributed by atoms with Crippen LogP contribution in [-0.2, 0) is 11.3 Å². The molecule has 1 aliphatic carbocycles. The highest BCUT2D eigenvalue weighted by molar-refractivity contribution is 7.99. The number of aromatic amines is 1. The van der Waals surface area contributed by atoms with Gasteiger partial charge in [0.25, 0.3) is 0 Å². The molecule has 1 aromatic rings. The highest BCUT2D eigenvalue weighted by Crippen LogP contribution is 2.42. The van der Waals surface area contributed by atoms with Crippen molar-refractivity contribution < 1.29 is 9.90 Å². The lowest BCUT2D eigenvalue weighted by Gasteiger charge is -2.32. The fourth-order valence-electron chi connectivity index (χ4n) is 2.54. The van der Waals surface area contributed by atoms with Gasteiger partial charge < -0.3 is 5.11 Å². The van der Waals surface area contributed by atoms with Crippen molar-refractivity contribution in [1.29, 1.82) is 0 Å². The van der Waals surface area contributed by atoms with E-state index in [1.807, 2.05) is 20.8 Å². The molecule has 1 saturated carbocycles. The summed E-state index contributed by atoms with van der Waals surface area (Å²) in [5, 5.41) is 19.9. The first kappa shape index (κ1) is 16.1. The van der Waals surface area contributed by atoms with Gasteiger partial charge in [0.15, 0.2) is 5.16 Å². The van der Waals surface area contributed by atoms with Crippen LogP contribution in [0, 0.1) is 5.92 Å². The lowest BCUT2D eigenvalue weighted by molar-refractivity contribution is -0.145. The summed E-state index contributed by atoms with van der Waals surface area (Å²) < 4.78 is 1.51. The van der Waals surface area contributed by atoms with E-state index in [0.29, 0.717) is 17.5 Å². The van der Waals surface area contributed by atoms with Crippen LogP contribution in [-0.4, -0.2) is 43.2 Å². The second-order valence-electron chi connectivity index (χ2n) is 5.69. The first-order chi connectivity index (χ1) is 9.90. The third-order valence-corrected chi connectivity index (χ3v) is 4.84. The third kappa shape index (κ3) is 3.32. The van der Waals surface area contributed by atoms with Gasteiger partial charge in [0, 0.05) is 18.3 Å². The number of hydrogen-bond donors (Lipinski definition) is 3. The zero-order valence-electron chi connectivity index (χ0n) is 12.5. The molecule has 0 aliphatic heterocycles. The largest absolute Gasteiger partial charge is 0.480 e. The maximum absolute atomic E-state index is 11.8. The van der Waals surface area contributed by atoms with E-state index in [1.165, 1.54) is 16.3 Å². The van der Waals surface area contributed by atoms with E-state index < -0.39 is 11.5 Å². The maximum Gasteiger partial charge on any atom is 0.343 e. The molecule has 1 fully saturated rings. The normalized spacial score (nSPS) is 17.9. The number of nitrogens with one attached hydrogen (secondary N) is 2. The molecule has 1 unspecified atom stereocenters. The maximum atomic E-state index is 11.8. The third-order valence-electron chi connectivity index (χ3n) is 3.67. The molecule has 0 bridgehead atoms. The van der Waals surface area contributed by atoms with Crippen molar-refractivity contribution in [2.75, 3.05) is 5.75 Å². The highest BCUT2D eigenvalue weighted by Gasteiger charge is 2.51. The molecule has 3 N–H and O–H groups in total. The number of rotatable bonds is 8. The smallest absolute Gasteiger partial charge is 0.343 e. The number of carboxylic acids is 1. The second kappa shape index (κ2) is 6.23. The van der Waals surface area contributed by atoms with Crippen LogP contribution in [0.4, 0.5) is 0 Å². The van der Waals surface area contributed by atoms with Crippen molar-refractivity contribution in [2.24, 2.45) is 5.92 Å². The monoisotopic (exact) mass is 314 g/mol. The molecular weight excluding hydrogens is 292 g/mol. The number of carboxylic acid groups (broad SMARTS) is 1. The van der Waals surface area contributed by atoms with Crippen molar-refractivity contribution in [3.63, 3.8) is 0 Å². The van der Waals surface area contributed by atoms with Crippen LogP contribution in [0.15, 0.2) is 9.95 Å². The van der Waals surface area contributed by atoms with E-state index in [-0.39, 0.29) is 17.6 Å². The van der Waals surface area contributed by atoms with Crippen LogP contribution in [0.25, 0.3) is 0 Å². The molecule has 0 amide bonds. The Labute approximate surface area is 127 Å². The van der Waals surface area contributed by atoms with E-state index in [9.17, 15) is 14.7 Å². The zero-order valence-corrected chi connectivity index (χ0v) is 13.4. The quantitative estimate of drug-likeness (QED) is 0.617. The molecule has 7 nitrogen and oxygen atoms in total. The average molecular weight is 314 g/mol. The summed E-state index contributed by atoms with van der Waals surface area (Å²) in [4.78, 5) is 23.4. The topological polar surface area (TPSA) is 100 Å². The number of aromatic nitrogens is 3. The van der Waals surface area contributed by atoms with Crippen LogP contribution in [0.2, 0.25) is 0 Å². The SMILES string of the molecule is CCn1c(SCC(NC(C)C)(C(=O)O)C2CC2)n[nH]c1=O. The molecule has 21 heavy (non-hydrogen) atoms.